The van der Waals surface area contributed by atoms with Crippen LogP contribution < -0.4 is 15.8 Å². The fraction of sp³-hybridized carbons (Fsp3) is 0.276. The summed E-state index contributed by atoms with van der Waals surface area (Å²) in [5.74, 6) is -3.28. The Kier molecular flexibility index (Phi) is 7.66. The van der Waals surface area contributed by atoms with Crippen LogP contribution in [0.15, 0.2) is 66.7 Å². The molecule has 3 aromatic rings. The molecule has 1 aliphatic heterocycles. The fourth-order valence-electron chi connectivity index (χ4n) is 4.63. The van der Waals surface area contributed by atoms with Gasteiger partial charge < -0.3 is 5.32 Å². The summed E-state index contributed by atoms with van der Waals surface area (Å²) in [5, 5.41) is 3.81. The number of carbonyl (C=O) groups is 3. The number of nitrogens with zero attached hydrogens (tertiary/aromatic N) is 1. The van der Waals surface area contributed by atoms with Crippen LogP contribution in [0, 0.1) is 17.6 Å². The Balaban J connectivity index is 1.57. The van der Waals surface area contributed by atoms with E-state index in [9.17, 15) is 23.2 Å². The maximum atomic E-state index is 13.8. The van der Waals surface area contributed by atoms with Gasteiger partial charge in [-0.3, -0.25) is 19.8 Å². The van der Waals surface area contributed by atoms with E-state index in [1.165, 1.54) is 11.9 Å². The first kappa shape index (κ1) is 26.0. The molecule has 37 heavy (non-hydrogen) atoms. The SMILES string of the molecule is CC(C)CC1C(=O)N(NC(=O)[C@H](C)NC(=O)Cc2cc(F)cc(F)c2)c2ccccc2-c2ccccc21. The number of hydrazine groups is 1. The number of amides is 3. The first-order chi connectivity index (χ1) is 17.6. The van der Waals surface area contributed by atoms with Gasteiger partial charge in [0.15, 0.2) is 0 Å². The minimum Gasteiger partial charge on any atom is -0.344 e. The molecule has 192 valence electrons. The smallest absolute Gasteiger partial charge is 0.261 e. The van der Waals surface area contributed by atoms with E-state index in [0.717, 1.165) is 34.9 Å². The number of carbonyl (C=O) groups excluding carboxylic acids is 3. The topological polar surface area (TPSA) is 78.5 Å². The molecule has 8 heteroatoms. The van der Waals surface area contributed by atoms with Crippen molar-refractivity contribution in [2.45, 2.75) is 45.6 Å². The van der Waals surface area contributed by atoms with Gasteiger partial charge in [0.2, 0.25) is 5.91 Å². The Morgan fingerprint density at radius 2 is 1.54 bits per heavy atom. The number of nitrogens with one attached hydrogen (secondary N) is 2. The molecule has 0 radical (unpaired) electrons. The maximum Gasteiger partial charge on any atom is 0.261 e. The van der Waals surface area contributed by atoms with Crippen LogP contribution in [0.1, 0.15) is 44.2 Å². The highest BCUT2D eigenvalue weighted by Crippen LogP contribution is 2.42. The van der Waals surface area contributed by atoms with Gasteiger partial charge in [-0.15, -0.1) is 0 Å². The first-order valence-electron chi connectivity index (χ1n) is 12.2. The van der Waals surface area contributed by atoms with Crippen LogP contribution in [-0.4, -0.2) is 23.8 Å². The average molecular weight is 506 g/mol. The van der Waals surface area contributed by atoms with E-state index in [2.05, 4.69) is 10.7 Å². The lowest BCUT2D eigenvalue weighted by molar-refractivity contribution is -0.130. The third-order valence-electron chi connectivity index (χ3n) is 6.28. The lowest BCUT2D eigenvalue weighted by Gasteiger charge is -2.28. The van der Waals surface area contributed by atoms with Gasteiger partial charge in [0, 0.05) is 11.6 Å². The highest BCUT2D eigenvalue weighted by molar-refractivity contribution is 6.07. The minimum absolute atomic E-state index is 0.147. The Morgan fingerprint density at radius 3 is 2.22 bits per heavy atom. The van der Waals surface area contributed by atoms with Crippen LogP contribution in [0.2, 0.25) is 0 Å². The fourth-order valence-corrected chi connectivity index (χ4v) is 4.63. The van der Waals surface area contributed by atoms with Crippen LogP contribution in [0.25, 0.3) is 11.1 Å². The molecule has 1 unspecified atom stereocenters. The summed E-state index contributed by atoms with van der Waals surface area (Å²) < 4.78 is 26.9. The number of anilines is 1. The van der Waals surface area contributed by atoms with E-state index >= 15 is 0 Å². The summed E-state index contributed by atoms with van der Waals surface area (Å²) in [7, 11) is 0. The average Bonchev–Trinajstić information content (AvgIpc) is 2.92. The highest BCUT2D eigenvalue weighted by Gasteiger charge is 2.35. The molecule has 0 saturated carbocycles. The Labute approximate surface area is 214 Å². The number of fused-ring (bicyclic) bond motifs is 3. The predicted molar refractivity (Wildman–Crippen MR) is 137 cm³/mol. The zero-order chi connectivity index (χ0) is 26.7. The van der Waals surface area contributed by atoms with Crippen LogP contribution in [0.5, 0.6) is 0 Å². The van der Waals surface area contributed by atoms with Crippen LogP contribution in [-0.2, 0) is 20.8 Å². The molecule has 2 atom stereocenters. The van der Waals surface area contributed by atoms with Gasteiger partial charge in [-0.1, -0.05) is 56.3 Å². The quantitative estimate of drug-likeness (QED) is 0.480. The minimum atomic E-state index is -1.01. The van der Waals surface area contributed by atoms with E-state index in [-0.39, 0.29) is 23.8 Å². The number of rotatable bonds is 7. The third kappa shape index (κ3) is 5.85. The van der Waals surface area contributed by atoms with Crippen molar-refractivity contribution in [2.24, 2.45) is 5.92 Å². The summed E-state index contributed by atoms with van der Waals surface area (Å²) >= 11 is 0. The standard InChI is InChI=1S/C29H29F2N3O3/c1-17(2)12-25-23-9-5-4-8-22(23)24-10-6-7-11-26(24)34(29(25)37)33-28(36)18(3)32-27(35)15-19-13-20(30)16-21(31)14-19/h4-11,13-14,16-18,25H,12,15H2,1-3H3,(H,32,35)(H,33,36)/t18-,25?/m0/s1. The summed E-state index contributed by atoms with van der Waals surface area (Å²) in [5.41, 5.74) is 6.02. The molecule has 3 aromatic carbocycles. The molecule has 1 aliphatic rings. The molecule has 0 spiro atoms. The van der Waals surface area contributed by atoms with E-state index in [1.807, 2.05) is 50.2 Å². The van der Waals surface area contributed by atoms with Gasteiger partial charge in [-0.05, 0) is 54.2 Å². The van der Waals surface area contributed by atoms with Crippen molar-refractivity contribution in [3.8, 4) is 11.1 Å². The third-order valence-corrected chi connectivity index (χ3v) is 6.28. The van der Waals surface area contributed by atoms with E-state index in [4.69, 9.17) is 0 Å². The van der Waals surface area contributed by atoms with Gasteiger partial charge in [0.05, 0.1) is 18.0 Å². The highest BCUT2D eigenvalue weighted by atomic mass is 19.1. The molecule has 0 aliphatic carbocycles. The second kappa shape index (κ2) is 10.9. The molecule has 0 aromatic heterocycles. The zero-order valence-electron chi connectivity index (χ0n) is 20.9. The number of halogens is 2. The van der Waals surface area contributed by atoms with Crippen molar-refractivity contribution in [1.82, 2.24) is 10.7 Å². The van der Waals surface area contributed by atoms with Crippen molar-refractivity contribution >= 4 is 23.4 Å². The molecule has 1 heterocycles. The van der Waals surface area contributed by atoms with Gasteiger partial charge >= 0.3 is 0 Å². The summed E-state index contributed by atoms with van der Waals surface area (Å²) in [4.78, 5) is 39.4. The molecule has 0 saturated heterocycles. The molecular formula is C29H29F2N3O3. The molecule has 4 rings (SSSR count). The largest absolute Gasteiger partial charge is 0.344 e. The summed E-state index contributed by atoms with van der Waals surface area (Å²) in [6.07, 6.45) is 0.288. The van der Waals surface area contributed by atoms with Gasteiger partial charge in [-0.25, -0.2) is 13.8 Å². The first-order valence-corrected chi connectivity index (χ1v) is 12.2. The predicted octanol–water partition coefficient (Wildman–Crippen LogP) is 4.89. The molecule has 3 amide bonds. The van der Waals surface area contributed by atoms with Crippen molar-refractivity contribution < 1.29 is 23.2 Å². The van der Waals surface area contributed by atoms with E-state index in [0.29, 0.717) is 12.1 Å². The van der Waals surface area contributed by atoms with Crippen molar-refractivity contribution in [1.29, 1.82) is 0 Å². The number of para-hydroxylation sites is 1. The van der Waals surface area contributed by atoms with Gasteiger partial charge in [0.25, 0.3) is 11.8 Å². The second-order valence-corrected chi connectivity index (χ2v) is 9.68. The molecular weight excluding hydrogens is 476 g/mol. The summed E-state index contributed by atoms with van der Waals surface area (Å²) in [6.45, 7) is 5.56. The van der Waals surface area contributed by atoms with E-state index in [1.54, 1.807) is 12.1 Å². The second-order valence-electron chi connectivity index (χ2n) is 9.68. The van der Waals surface area contributed by atoms with Crippen LogP contribution in [0.4, 0.5) is 14.5 Å². The van der Waals surface area contributed by atoms with Crippen molar-refractivity contribution in [3.05, 3.63) is 89.5 Å². The van der Waals surface area contributed by atoms with Crippen molar-refractivity contribution in [2.75, 3.05) is 5.01 Å². The van der Waals surface area contributed by atoms with Gasteiger partial charge in [0.1, 0.15) is 17.7 Å². The number of hydrogen-bond donors (Lipinski definition) is 2. The Morgan fingerprint density at radius 1 is 0.919 bits per heavy atom. The molecule has 2 N–H and O–H groups in total. The van der Waals surface area contributed by atoms with Crippen molar-refractivity contribution in [3.63, 3.8) is 0 Å². The lowest BCUT2D eigenvalue weighted by Crippen LogP contribution is -2.54. The summed E-state index contributed by atoms with van der Waals surface area (Å²) in [6, 6.07) is 16.9. The van der Waals surface area contributed by atoms with Gasteiger partial charge in [-0.2, -0.15) is 0 Å². The number of benzene rings is 3. The van der Waals surface area contributed by atoms with Crippen LogP contribution >= 0.6 is 0 Å². The molecule has 0 bridgehead atoms. The zero-order valence-corrected chi connectivity index (χ0v) is 20.9. The monoisotopic (exact) mass is 505 g/mol. The number of hydrogen-bond acceptors (Lipinski definition) is 3. The Hall–Kier alpha value is -4.07. The lowest BCUT2D eigenvalue weighted by atomic mass is 9.86. The molecule has 0 fully saturated rings. The van der Waals surface area contributed by atoms with Crippen LogP contribution in [0.3, 0.4) is 0 Å². The normalized spacial score (nSPS) is 15.5. The Bertz CT molecular complexity index is 1320. The molecule has 6 nitrogen and oxygen atoms in total. The van der Waals surface area contributed by atoms with E-state index < -0.39 is 35.4 Å². The maximum absolute atomic E-state index is 13.8.